The van der Waals surface area contributed by atoms with Crippen molar-refractivity contribution in [2.45, 2.75) is 6.92 Å². The van der Waals surface area contributed by atoms with Crippen LogP contribution in [0.5, 0.6) is 0 Å². The summed E-state index contributed by atoms with van der Waals surface area (Å²) in [4.78, 5) is 9.49. The summed E-state index contributed by atoms with van der Waals surface area (Å²) in [6.07, 6.45) is 0. The van der Waals surface area contributed by atoms with Crippen LogP contribution in [0.15, 0.2) is 12.2 Å². The predicted octanol–water partition coefficient (Wildman–Crippen LogP) is -0.690. The first-order valence-corrected chi connectivity index (χ1v) is 1.51. The maximum Gasteiger partial charge on any atom is 3.00 e. The van der Waals surface area contributed by atoms with E-state index in [4.69, 9.17) is 0 Å². The Morgan fingerprint density at radius 2 is 1.86 bits per heavy atom. The zero-order valence-corrected chi connectivity index (χ0v) is 4.98. The summed E-state index contributed by atoms with van der Waals surface area (Å²) >= 11 is 0. The van der Waals surface area contributed by atoms with Crippen LogP contribution in [0.1, 0.15) is 6.92 Å². The van der Waals surface area contributed by atoms with Crippen LogP contribution < -0.4 is 5.11 Å². The third kappa shape index (κ3) is 5.73. The van der Waals surface area contributed by atoms with Gasteiger partial charge in [-0.1, -0.05) is 6.58 Å². The summed E-state index contributed by atoms with van der Waals surface area (Å²) in [5, 5.41) is 9.49. The summed E-state index contributed by atoms with van der Waals surface area (Å²) < 4.78 is 0. The van der Waals surface area contributed by atoms with E-state index in [0.717, 1.165) is 0 Å². The fourth-order valence-electron chi connectivity index (χ4n) is 0. The molecule has 0 atom stereocenters. The van der Waals surface area contributed by atoms with Gasteiger partial charge in [-0.15, -0.1) is 0 Å². The first kappa shape index (κ1) is 9.88. The van der Waals surface area contributed by atoms with Crippen LogP contribution in [0.25, 0.3) is 0 Å². The molecule has 0 spiro atoms. The SMILES string of the molecule is C=C(C)C(=O)[O-].[Fe+3]. The van der Waals surface area contributed by atoms with Crippen LogP contribution in [0.4, 0.5) is 0 Å². The van der Waals surface area contributed by atoms with Gasteiger partial charge < -0.3 is 9.90 Å². The third-order valence-electron chi connectivity index (χ3n) is 0.348. The number of rotatable bonds is 1. The van der Waals surface area contributed by atoms with Gasteiger partial charge in [0.15, 0.2) is 0 Å². The van der Waals surface area contributed by atoms with E-state index < -0.39 is 5.97 Å². The van der Waals surface area contributed by atoms with Crippen molar-refractivity contribution >= 4 is 5.97 Å². The van der Waals surface area contributed by atoms with Crippen LogP contribution in [-0.4, -0.2) is 5.97 Å². The molecule has 0 aliphatic carbocycles. The van der Waals surface area contributed by atoms with Crippen LogP contribution in [-0.2, 0) is 21.9 Å². The topological polar surface area (TPSA) is 40.1 Å². The van der Waals surface area contributed by atoms with Gasteiger partial charge in [0, 0.05) is 0 Å². The molecule has 0 heterocycles. The summed E-state index contributed by atoms with van der Waals surface area (Å²) in [5.41, 5.74) is 0.0648. The minimum Gasteiger partial charge on any atom is -0.545 e. The van der Waals surface area contributed by atoms with Crippen LogP contribution in [0.2, 0.25) is 0 Å². The molecular formula is C4H5FeO2+2. The molecule has 0 saturated carbocycles. The van der Waals surface area contributed by atoms with Crippen molar-refractivity contribution in [2.75, 3.05) is 0 Å². The number of carbonyl (C=O) groups is 1. The van der Waals surface area contributed by atoms with E-state index in [1.54, 1.807) is 0 Å². The van der Waals surface area contributed by atoms with E-state index in [1.165, 1.54) is 6.92 Å². The van der Waals surface area contributed by atoms with Gasteiger partial charge in [0.1, 0.15) is 0 Å². The molecule has 0 bridgehead atoms. The van der Waals surface area contributed by atoms with Crippen molar-refractivity contribution in [3.8, 4) is 0 Å². The van der Waals surface area contributed by atoms with Gasteiger partial charge in [0.05, 0.1) is 5.97 Å². The molecule has 0 aliphatic heterocycles. The summed E-state index contributed by atoms with van der Waals surface area (Å²) in [7, 11) is 0. The molecule has 0 aromatic carbocycles. The molecular weight excluding hydrogens is 136 g/mol. The Kier molecular flexibility index (Phi) is 5.51. The summed E-state index contributed by atoms with van der Waals surface area (Å²) in [6, 6.07) is 0. The monoisotopic (exact) mass is 141 g/mol. The molecule has 0 aliphatic rings. The first-order valence-electron chi connectivity index (χ1n) is 1.51. The number of hydrogen-bond acceptors (Lipinski definition) is 2. The van der Waals surface area contributed by atoms with Gasteiger partial charge in [-0.3, -0.25) is 0 Å². The number of carbonyl (C=O) groups excluding carboxylic acids is 1. The Bertz CT molecular complexity index is 75.7. The largest absolute Gasteiger partial charge is 3.00 e. The van der Waals surface area contributed by atoms with E-state index in [2.05, 4.69) is 6.58 Å². The molecule has 0 rings (SSSR count). The molecule has 0 saturated heterocycles. The van der Waals surface area contributed by atoms with Gasteiger partial charge in [0.2, 0.25) is 0 Å². The van der Waals surface area contributed by atoms with Crippen molar-refractivity contribution in [3.63, 3.8) is 0 Å². The van der Waals surface area contributed by atoms with Gasteiger partial charge in [-0.2, -0.15) is 0 Å². The van der Waals surface area contributed by atoms with E-state index >= 15 is 0 Å². The second kappa shape index (κ2) is 3.90. The van der Waals surface area contributed by atoms with Crippen molar-refractivity contribution < 1.29 is 27.0 Å². The van der Waals surface area contributed by atoms with Crippen LogP contribution in [0.3, 0.4) is 0 Å². The average molecular weight is 141 g/mol. The standard InChI is InChI=1S/C4H6O2.Fe/c1-3(2)4(5)6;/h1H2,2H3,(H,5,6);/q;+3/p-1. The van der Waals surface area contributed by atoms with Gasteiger partial charge in [-0.25, -0.2) is 0 Å². The van der Waals surface area contributed by atoms with Crippen molar-refractivity contribution in [3.05, 3.63) is 12.2 Å². The minimum absolute atomic E-state index is 0. The quantitative estimate of drug-likeness (QED) is 0.358. The molecule has 0 aromatic heterocycles. The summed E-state index contributed by atoms with van der Waals surface area (Å²) in [6.45, 7) is 4.48. The Morgan fingerprint density at radius 1 is 1.71 bits per heavy atom. The Morgan fingerprint density at radius 3 is 1.86 bits per heavy atom. The number of carboxylic acids is 1. The molecule has 0 amide bonds. The molecule has 2 nitrogen and oxygen atoms in total. The molecule has 1 radical (unpaired) electrons. The maximum absolute atomic E-state index is 9.49. The second-order valence-corrected chi connectivity index (χ2v) is 1.07. The maximum atomic E-state index is 9.49. The molecule has 3 heteroatoms. The molecule has 39 valence electrons. The van der Waals surface area contributed by atoms with E-state index in [-0.39, 0.29) is 22.6 Å². The average Bonchev–Trinajstić information content (AvgIpc) is 1.36. The normalized spacial score (nSPS) is 6.43. The number of hydrogen-bond donors (Lipinski definition) is 0. The van der Waals surface area contributed by atoms with Crippen molar-refractivity contribution in [1.29, 1.82) is 0 Å². The molecule has 0 unspecified atom stereocenters. The second-order valence-electron chi connectivity index (χ2n) is 1.07. The Hall–Kier alpha value is -0.271. The summed E-state index contributed by atoms with van der Waals surface area (Å²) in [5.74, 6) is -1.19. The smallest absolute Gasteiger partial charge is 0.545 e. The minimum atomic E-state index is -1.19. The van der Waals surface area contributed by atoms with Crippen LogP contribution in [0, 0.1) is 0 Å². The zero-order valence-electron chi connectivity index (χ0n) is 3.88. The molecule has 0 fully saturated rings. The number of aliphatic carboxylic acids is 1. The van der Waals surface area contributed by atoms with E-state index in [1.807, 2.05) is 0 Å². The van der Waals surface area contributed by atoms with E-state index in [0.29, 0.717) is 0 Å². The fraction of sp³-hybridized carbons (Fsp3) is 0.250. The zero-order chi connectivity index (χ0) is 5.15. The molecule has 0 N–H and O–H groups in total. The fourth-order valence-corrected chi connectivity index (χ4v) is 0. The van der Waals surface area contributed by atoms with Gasteiger partial charge >= 0.3 is 17.1 Å². The third-order valence-corrected chi connectivity index (χ3v) is 0.348. The van der Waals surface area contributed by atoms with Crippen LogP contribution >= 0.6 is 0 Å². The van der Waals surface area contributed by atoms with Crippen molar-refractivity contribution in [1.82, 2.24) is 0 Å². The van der Waals surface area contributed by atoms with E-state index in [9.17, 15) is 9.90 Å². The van der Waals surface area contributed by atoms with Gasteiger partial charge in [0.25, 0.3) is 0 Å². The predicted molar refractivity (Wildman–Crippen MR) is 19.8 cm³/mol. The Labute approximate surface area is 52.7 Å². The van der Waals surface area contributed by atoms with Gasteiger partial charge in [-0.05, 0) is 12.5 Å². The Balaban J connectivity index is 0. The first-order chi connectivity index (χ1) is 2.64. The number of carboxylic acid groups (broad SMARTS) is 1. The molecule has 0 aromatic rings. The van der Waals surface area contributed by atoms with Crippen molar-refractivity contribution in [2.24, 2.45) is 0 Å². The molecule has 7 heavy (non-hydrogen) atoms.